The first-order valence-electron chi connectivity index (χ1n) is 36.6. The third-order valence-corrected chi connectivity index (χ3v) is 23.3. The number of aromatic amines is 2. The van der Waals surface area contributed by atoms with Crippen molar-refractivity contribution in [2.75, 3.05) is 49.3 Å². The normalized spacial score (nSPS) is 27.9. The summed E-state index contributed by atoms with van der Waals surface area (Å²) in [5, 5.41) is 53.4. The van der Waals surface area contributed by atoms with Crippen LogP contribution in [0.3, 0.4) is 0 Å². The molecule has 0 radical (unpaired) electrons. The number of nitrogens with one attached hydrogen (secondary N) is 15. The van der Waals surface area contributed by atoms with Crippen LogP contribution < -0.4 is 86.3 Å². The molecular weight excluding hydrogens is 1560 g/mol. The van der Waals surface area contributed by atoms with Gasteiger partial charge in [-0.05, 0) is 63.2 Å². The number of aromatic nitrogens is 4. The minimum Gasteiger partial charge on any atom is -0.481 e. The third kappa shape index (κ3) is 28.1. The Hall–Kier alpha value is -9.80. The lowest BCUT2D eigenvalue weighted by Crippen LogP contribution is -2.62. The van der Waals surface area contributed by atoms with Gasteiger partial charge in [-0.25, -0.2) is 9.97 Å². The average molecular weight is 1660 g/mol. The molecule has 2 aromatic heterocycles. The standard InChI is InChI=1S/C67H102N22O20S4/c1-30(2)16-37-56(98)83-42(53(70)95)24-110-112-27-45-61(103)87-52(32(5)6)65(107)81-40(18-35-22-72-29-74-35)67(109)88-14-8-10-46(88)62(104)75-33(7)54(96)84-44(26-113-111-25-43(59(101)85-45)76-49(92)20-68)60(102)82-41(23-90)58(100)86-51(31(3)4)64(106)79-38(19-48(69)91)57(99)80-39(17-34-21-71-28-73-34)66(108)89-15-9-11-47(89)63(105)77-36(55(97)78-37)12-13-50(93)94/h21-22,28-33,36-47,51-52,90H,8-20,23-27,68H2,1-7H3,(H2,69,91)(H2,70,95)(H,71,73)(H,72,74)(H,75,104)(H,76,92)(H,77,105)(H,78,97)(H,79,106)(H,80,99)(H,81,107)(H,82,102)(H,83,98)(H,84,96)(H,85,101)(H,86,100)(H,87,103)(H,93,94)/t33-,36-,37-,38-,39-,40-,41-,42-,43-,44-,45-,46-,47-,51-,52-/m0/s1. The second kappa shape index (κ2) is 44.6. The summed E-state index contributed by atoms with van der Waals surface area (Å²) in [4.78, 5) is 271. The molecule has 4 saturated heterocycles. The smallest absolute Gasteiger partial charge is 0.303 e. The van der Waals surface area contributed by atoms with Crippen LogP contribution in [0.1, 0.15) is 111 Å². The summed E-state index contributed by atoms with van der Waals surface area (Å²) in [7, 11) is 3.35. The molecule has 4 fully saturated rings. The molecule has 624 valence electrons. The molecule has 0 aromatic carbocycles. The highest BCUT2D eigenvalue weighted by Crippen LogP contribution is 2.27. The van der Waals surface area contributed by atoms with E-state index >= 15 is 0 Å². The number of carbonyl (C=O) groups is 18. The monoisotopic (exact) mass is 1660 g/mol. The quantitative estimate of drug-likeness (QED) is 0.0654. The lowest BCUT2D eigenvalue weighted by Gasteiger charge is -2.31. The molecule has 15 atom stereocenters. The van der Waals surface area contributed by atoms with Gasteiger partial charge >= 0.3 is 5.97 Å². The molecule has 2 bridgehead atoms. The molecule has 0 aliphatic carbocycles. The van der Waals surface area contributed by atoms with E-state index in [1.54, 1.807) is 27.7 Å². The Labute approximate surface area is 665 Å². The number of primary amides is 2. The van der Waals surface area contributed by atoms with Crippen LogP contribution in [0.4, 0.5) is 0 Å². The maximum absolute atomic E-state index is 14.9. The Bertz CT molecular complexity index is 3750. The van der Waals surface area contributed by atoms with Gasteiger partial charge in [0.25, 0.3) is 0 Å². The highest BCUT2D eigenvalue weighted by atomic mass is 33.1. The van der Waals surface area contributed by atoms with E-state index in [0.29, 0.717) is 5.69 Å². The van der Waals surface area contributed by atoms with Crippen LogP contribution in [0.25, 0.3) is 0 Å². The molecule has 46 heteroatoms. The summed E-state index contributed by atoms with van der Waals surface area (Å²) < 4.78 is 0. The van der Waals surface area contributed by atoms with Gasteiger partial charge in [0.2, 0.25) is 100 Å². The molecule has 17 amide bonds. The van der Waals surface area contributed by atoms with Crippen molar-refractivity contribution in [2.24, 2.45) is 35.0 Å². The van der Waals surface area contributed by atoms with Crippen LogP contribution in [-0.2, 0) is 99.1 Å². The Kier molecular flexibility index (Phi) is 36.3. The van der Waals surface area contributed by atoms with Crippen LogP contribution in [0.2, 0.25) is 0 Å². The van der Waals surface area contributed by atoms with Crippen molar-refractivity contribution < 1.29 is 96.5 Å². The maximum atomic E-state index is 14.9. The van der Waals surface area contributed by atoms with Crippen molar-refractivity contribution in [2.45, 2.75) is 203 Å². The van der Waals surface area contributed by atoms with E-state index in [-0.39, 0.29) is 75.4 Å². The zero-order chi connectivity index (χ0) is 83.5. The highest BCUT2D eigenvalue weighted by Gasteiger charge is 2.44. The first-order chi connectivity index (χ1) is 53.5. The number of nitrogens with two attached hydrogens (primary N) is 3. The molecule has 42 nitrogen and oxygen atoms in total. The summed E-state index contributed by atoms with van der Waals surface area (Å²) >= 11 is 0. The van der Waals surface area contributed by atoms with Crippen LogP contribution >= 0.6 is 43.2 Å². The SMILES string of the molecule is CC(C)C[C@@H]1NC(=O)[C@H](CCC(=O)O)NC(=O)[C@@H]2CCCN2C(=O)[C@H](Cc2cnc[nH]2)NC(=O)[C@H](CC(N)=O)NC(=O)[C@H](C(C)C)NC(=O)[C@H](CO)NC(=O)[C@@H]2CSSC[C@H](NC(=O)CN)C(=O)N[C@@H](CSSC[C@@H](C(N)=O)NC1=O)C(=O)N[C@@H](C(C)C)C(=O)N[C@@H](Cc1cnc[nH]1)C(=O)N1CCC[C@H]1C(=O)N[C@@H](C)C(=O)N2. The van der Waals surface area contributed by atoms with E-state index in [9.17, 15) is 96.5 Å². The van der Waals surface area contributed by atoms with E-state index in [1.807, 2.05) is 0 Å². The first-order valence-corrected chi connectivity index (χ1v) is 41.6. The van der Waals surface area contributed by atoms with Gasteiger partial charge in [0.1, 0.15) is 90.6 Å². The van der Waals surface area contributed by atoms with Gasteiger partial charge in [0.05, 0.1) is 32.2 Å². The molecule has 6 rings (SSSR count). The molecular formula is C67H102N22O20S4. The van der Waals surface area contributed by atoms with Gasteiger partial charge in [-0.3, -0.25) is 86.3 Å². The Morgan fingerprint density at radius 2 is 0.965 bits per heavy atom. The number of hydrogen-bond donors (Lipinski definition) is 20. The lowest BCUT2D eigenvalue weighted by molar-refractivity contribution is -0.143. The highest BCUT2D eigenvalue weighted by molar-refractivity contribution is 8.77. The summed E-state index contributed by atoms with van der Waals surface area (Å²) in [5.74, 6) is -22.3. The number of carbonyl (C=O) groups excluding carboxylic acids is 17. The Morgan fingerprint density at radius 3 is 1.45 bits per heavy atom. The summed E-state index contributed by atoms with van der Waals surface area (Å²) in [6.07, 6.45) is 2.91. The summed E-state index contributed by atoms with van der Waals surface area (Å²) in [5.41, 5.74) is 17.8. The van der Waals surface area contributed by atoms with E-state index in [0.717, 1.165) is 48.1 Å². The number of aliphatic carboxylic acids is 1. The number of H-pyrrole nitrogens is 2. The second-order valence-electron chi connectivity index (χ2n) is 28.5. The lowest BCUT2D eigenvalue weighted by atomic mass is 10.0. The average Bonchev–Trinajstić information content (AvgIpc) is 1.78. The number of carboxylic acids is 1. The van der Waals surface area contributed by atoms with Crippen LogP contribution in [0.15, 0.2) is 25.0 Å². The molecule has 0 spiro atoms. The van der Waals surface area contributed by atoms with Crippen molar-refractivity contribution in [1.82, 2.24) is 98.9 Å². The van der Waals surface area contributed by atoms with Crippen molar-refractivity contribution in [1.29, 1.82) is 0 Å². The van der Waals surface area contributed by atoms with Gasteiger partial charge in [-0.1, -0.05) is 84.7 Å². The number of aliphatic hydroxyl groups excluding tert-OH is 1. The Balaban J connectivity index is 1.46. The van der Waals surface area contributed by atoms with Gasteiger partial charge in [0.15, 0.2) is 0 Å². The second-order valence-corrected chi connectivity index (χ2v) is 33.6. The minimum absolute atomic E-state index is 0.00659. The summed E-state index contributed by atoms with van der Waals surface area (Å²) in [6.45, 7) is 8.76. The van der Waals surface area contributed by atoms with Crippen LogP contribution in [-0.4, -0.2) is 286 Å². The number of nitrogens with zero attached hydrogens (tertiary/aromatic N) is 4. The number of carboxylic acid groups (broad SMARTS) is 1. The van der Waals surface area contributed by atoms with Crippen molar-refractivity contribution in [3.63, 3.8) is 0 Å². The van der Waals surface area contributed by atoms with Crippen molar-refractivity contribution >= 4 is 150 Å². The Morgan fingerprint density at radius 1 is 0.522 bits per heavy atom. The van der Waals surface area contributed by atoms with Crippen LogP contribution in [0, 0.1) is 17.8 Å². The minimum atomic E-state index is -1.94. The van der Waals surface area contributed by atoms with E-state index < -0.39 is 259 Å². The largest absolute Gasteiger partial charge is 0.481 e. The maximum Gasteiger partial charge on any atom is 0.303 e. The van der Waals surface area contributed by atoms with E-state index in [2.05, 4.69) is 89.1 Å². The number of rotatable bonds is 17. The number of imidazole rings is 2. The summed E-state index contributed by atoms with van der Waals surface area (Å²) in [6, 6.07) is -23.9. The van der Waals surface area contributed by atoms with Gasteiger partial charge in [-0.2, -0.15) is 0 Å². The third-order valence-electron chi connectivity index (χ3n) is 18.5. The number of fused-ring (bicyclic) bond motifs is 10. The van der Waals surface area contributed by atoms with Crippen molar-refractivity contribution in [3.8, 4) is 0 Å². The fraction of sp³-hybridized carbons (Fsp3) is 0.642. The van der Waals surface area contributed by atoms with Crippen LogP contribution in [0.5, 0.6) is 0 Å². The molecule has 0 unspecified atom stereocenters. The van der Waals surface area contributed by atoms with E-state index in [4.69, 9.17) is 17.2 Å². The van der Waals surface area contributed by atoms with E-state index in [1.165, 1.54) is 50.7 Å². The molecule has 4 aliphatic heterocycles. The molecule has 0 saturated carbocycles. The zero-order valence-electron chi connectivity index (χ0n) is 63.3. The fourth-order valence-corrected chi connectivity index (χ4v) is 17.0. The number of amides is 17. The predicted octanol–water partition coefficient (Wildman–Crippen LogP) is -7.45. The van der Waals surface area contributed by atoms with Gasteiger partial charge in [0, 0.05) is 79.1 Å². The molecule has 6 heterocycles. The first kappa shape index (κ1) is 92.1. The van der Waals surface area contributed by atoms with Gasteiger partial charge in [-0.15, -0.1) is 0 Å². The van der Waals surface area contributed by atoms with Crippen molar-refractivity contribution in [3.05, 3.63) is 36.4 Å². The predicted molar refractivity (Wildman–Crippen MR) is 410 cm³/mol. The zero-order valence-corrected chi connectivity index (χ0v) is 66.6. The fourth-order valence-electron chi connectivity index (χ4n) is 12.3. The molecule has 23 N–H and O–H groups in total. The number of aliphatic hydroxyl groups is 1. The molecule has 2 aromatic rings. The molecule has 4 aliphatic rings. The van der Waals surface area contributed by atoms with Gasteiger partial charge < -0.3 is 116 Å². The number of hydrogen-bond acceptors (Lipinski definition) is 26. The molecule has 113 heavy (non-hydrogen) atoms. The topological polar surface area (TPSA) is 646 Å².